The summed E-state index contributed by atoms with van der Waals surface area (Å²) in [4.78, 5) is 12.3. The summed E-state index contributed by atoms with van der Waals surface area (Å²) in [7, 11) is -2.25. The second-order valence-electron chi connectivity index (χ2n) is 6.12. The van der Waals surface area contributed by atoms with E-state index in [-0.39, 0.29) is 27.1 Å². The summed E-state index contributed by atoms with van der Waals surface area (Å²) in [6, 6.07) is 9.79. The monoisotopic (exact) mass is 346 g/mol. The molecule has 0 unspecified atom stereocenters. The number of benzene rings is 2. The van der Waals surface area contributed by atoms with E-state index in [1.165, 1.54) is 20.1 Å². The SMILES string of the molecule is COc1cc(C(C)C)c(S(=O)(=O)c2ccc(C)cc2)cc1C(C)=O. The molecule has 0 amide bonds. The highest BCUT2D eigenvalue weighted by Crippen LogP contribution is 2.34. The Bertz CT molecular complexity index is 863. The topological polar surface area (TPSA) is 60.4 Å². The van der Waals surface area contributed by atoms with Crippen molar-refractivity contribution >= 4 is 15.6 Å². The van der Waals surface area contributed by atoms with Gasteiger partial charge < -0.3 is 4.74 Å². The Morgan fingerprint density at radius 3 is 2.12 bits per heavy atom. The molecule has 0 radical (unpaired) electrons. The maximum atomic E-state index is 13.1. The van der Waals surface area contributed by atoms with Gasteiger partial charge in [-0.15, -0.1) is 0 Å². The van der Waals surface area contributed by atoms with Crippen molar-refractivity contribution in [3.05, 3.63) is 53.1 Å². The van der Waals surface area contributed by atoms with Crippen LogP contribution in [0.15, 0.2) is 46.2 Å². The first-order valence-corrected chi connectivity index (χ1v) is 9.21. The Morgan fingerprint density at radius 1 is 1.08 bits per heavy atom. The number of hydrogen-bond acceptors (Lipinski definition) is 4. The van der Waals surface area contributed by atoms with Gasteiger partial charge in [0.2, 0.25) is 9.84 Å². The highest BCUT2D eigenvalue weighted by Gasteiger charge is 2.26. The number of ketones is 1. The summed E-state index contributed by atoms with van der Waals surface area (Å²) in [6.07, 6.45) is 0. The number of Topliss-reactive ketones (excluding diaryl/α,β-unsaturated/α-hetero) is 1. The smallest absolute Gasteiger partial charge is 0.206 e. The molecule has 2 aromatic carbocycles. The Kier molecular flexibility index (Phi) is 5.13. The van der Waals surface area contributed by atoms with Crippen molar-refractivity contribution in [2.75, 3.05) is 7.11 Å². The van der Waals surface area contributed by atoms with Crippen molar-refractivity contribution in [2.45, 2.75) is 43.4 Å². The fourth-order valence-electron chi connectivity index (χ4n) is 2.55. The lowest BCUT2D eigenvalue weighted by atomic mass is 9.99. The molecule has 0 heterocycles. The first-order valence-electron chi connectivity index (χ1n) is 7.73. The average Bonchev–Trinajstić information content (AvgIpc) is 2.53. The zero-order valence-electron chi connectivity index (χ0n) is 14.6. The number of ether oxygens (including phenoxy) is 1. The summed E-state index contributed by atoms with van der Waals surface area (Å²) in [5.74, 6) is 0.131. The number of aryl methyl sites for hydroxylation is 1. The van der Waals surface area contributed by atoms with E-state index in [4.69, 9.17) is 4.74 Å². The first-order chi connectivity index (χ1) is 11.2. The lowest BCUT2D eigenvalue weighted by Crippen LogP contribution is -2.10. The van der Waals surface area contributed by atoms with Crippen molar-refractivity contribution in [3.8, 4) is 5.75 Å². The predicted molar refractivity (Wildman–Crippen MR) is 93.7 cm³/mol. The quantitative estimate of drug-likeness (QED) is 0.763. The molecule has 2 rings (SSSR count). The third-order valence-corrected chi connectivity index (χ3v) is 5.78. The zero-order chi connectivity index (χ0) is 18.1. The molecule has 2 aromatic rings. The van der Waals surface area contributed by atoms with Crippen LogP contribution in [0.2, 0.25) is 0 Å². The number of hydrogen-bond donors (Lipinski definition) is 0. The van der Waals surface area contributed by atoms with Crippen LogP contribution < -0.4 is 4.74 Å². The molecule has 0 aliphatic carbocycles. The lowest BCUT2D eigenvalue weighted by molar-refractivity contribution is 0.101. The van der Waals surface area contributed by atoms with Gasteiger partial charge in [-0.2, -0.15) is 0 Å². The Balaban J connectivity index is 2.78. The normalized spacial score (nSPS) is 11.6. The van der Waals surface area contributed by atoms with Gasteiger partial charge >= 0.3 is 0 Å². The standard InChI is InChI=1S/C19H22O4S/c1-12(2)16-10-18(23-5)17(14(4)20)11-19(16)24(21,22)15-8-6-13(3)7-9-15/h6-12H,1-5H3. The second kappa shape index (κ2) is 6.77. The summed E-state index contributed by atoms with van der Waals surface area (Å²) >= 11 is 0. The van der Waals surface area contributed by atoms with E-state index in [9.17, 15) is 13.2 Å². The lowest BCUT2D eigenvalue weighted by Gasteiger charge is -2.17. The van der Waals surface area contributed by atoms with E-state index in [2.05, 4.69) is 0 Å². The Labute approximate surface area is 143 Å². The molecule has 0 saturated heterocycles. The molecule has 0 atom stereocenters. The predicted octanol–water partition coefficient (Wildman–Crippen LogP) is 4.16. The van der Waals surface area contributed by atoms with Gasteiger partial charge in [-0.1, -0.05) is 31.5 Å². The molecule has 0 bridgehead atoms. The molecule has 0 N–H and O–H groups in total. The maximum Gasteiger partial charge on any atom is 0.206 e. The zero-order valence-corrected chi connectivity index (χ0v) is 15.4. The van der Waals surface area contributed by atoms with E-state index in [1.54, 1.807) is 30.3 Å². The van der Waals surface area contributed by atoms with Crippen molar-refractivity contribution in [2.24, 2.45) is 0 Å². The molecule has 0 aromatic heterocycles. The number of methoxy groups -OCH3 is 1. The molecule has 0 spiro atoms. The highest BCUT2D eigenvalue weighted by atomic mass is 32.2. The van der Waals surface area contributed by atoms with Crippen LogP contribution in [-0.2, 0) is 9.84 Å². The Morgan fingerprint density at radius 2 is 1.67 bits per heavy atom. The summed E-state index contributed by atoms with van der Waals surface area (Å²) in [5.41, 5.74) is 1.89. The minimum absolute atomic E-state index is 0.0323. The number of carbonyl (C=O) groups is 1. The minimum Gasteiger partial charge on any atom is -0.496 e. The third-order valence-electron chi connectivity index (χ3n) is 3.95. The Hall–Kier alpha value is -2.14. The second-order valence-corrected chi connectivity index (χ2v) is 8.04. The molecule has 5 heteroatoms. The van der Waals surface area contributed by atoms with E-state index in [0.717, 1.165) is 5.56 Å². The third kappa shape index (κ3) is 3.36. The van der Waals surface area contributed by atoms with Crippen LogP contribution in [0.1, 0.15) is 48.2 Å². The van der Waals surface area contributed by atoms with Gasteiger partial charge in [0.15, 0.2) is 5.78 Å². The first kappa shape index (κ1) is 18.2. The number of carbonyl (C=O) groups excluding carboxylic acids is 1. The molecule has 24 heavy (non-hydrogen) atoms. The van der Waals surface area contributed by atoms with Gasteiger partial charge in [-0.25, -0.2) is 8.42 Å². The number of rotatable bonds is 5. The number of sulfone groups is 1. The van der Waals surface area contributed by atoms with Gasteiger partial charge in [-0.05, 0) is 49.6 Å². The van der Waals surface area contributed by atoms with Crippen LogP contribution in [-0.4, -0.2) is 21.3 Å². The van der Waals surface area contributed by atoms with Crippen molar-refractivity contribution in [1.29, 1.82) is 0 Å². The molecule has 4 nitrogen and oxygen atoms in total. The van der Waals surface area contributed by atoms with Gasteiger partial charge in [0.05, 0.1) is 22.5 Å². The van der Waals surface area contributed by atoms with E-state index >= 15 is 0 Å². The molecule has 128 valence electrons. The van der Waals surface area contributed by atoms with Crippen LogP contribution in [0, 0.1) is 6.92 Å². The maximum absolute atomic E-state index is 13.1. The summed E-state index contributed by atoms with van der Waals surface area (Å²) < 4.78 is 31.5. The van der Waals surface area contributed by atoms with Crippen molar-refractivity contribution in [1.82, 2.24) is 0 Å². The highest BCUT2D eigenvalue weighted by molar-refractivity contribution is 7.91. The fourth-order valence-corrected chi connectivity index (χ4v) is 4.17. The van der Waals surface area contributed by atoms with Crippen LogP contribution in [0.5, 0.6) is 5.75 Å². The van der Waals surface area contributed by atoms with Gasteiger partial charge in [-0.3, -0.25) is 4.79 Å². The van der Waals surface area contributed by atoms with Gasteiger partial charge in [0, 0.05) is 0 Å². The molecule has 0 fully saturated rings. The summed E-state index contributed by atoms with van der Waals surface area (Å²) in [6.45, 7) is 7.12. The van der Waals surface area contributed by atoms with Crippen LogP contribution in [0.3, 0.4) is 0 Å². The van der Waals surface area contributed by atoms with Crippen molar-refractivity contribution < 1.29 is 17.9 Å². The molecular weight excluding hydrogens is 324 g/mol. The van der Waals surface area contributed by atoms with Crippen LogP contribution in [0.4, 0.5) is 0 Å². The van der Waals surface area contributed by atoms with Crippen LogP contribution >= 0.6 is 0 Å². The minimum atomic E-state index is -3.72. The van der Waals surface area contributed by atoms with E-state index in [1.807, 2.05) is 20.8 Å². The largest absolute Gasteiger partial charge is 0.496 e. The molecule has 0 aliphatic heterocycles. The van der Waals surface area contributed by atoms with E-state index in [0.29, 0.717) is 11.3 Å². The van der Waals surface area contributed by atoms with Gasteiger partial charge in [0.25, 0.3) is 0 Å². The van der Waals surface area contributed by atoms with E-state index < -0.39 is 9.84 Å². The summed E-state index contributed by atoms with van der Waals surface area (Å²) in [5, 5.41) is 0. The van der Waals surface area contributed by atoms with Crippen LogP contribution in [0.25, 0.3) is 0 Å². The average molecular weight is 346 g/mol. The molecule has 0 saturated carbocycles. The molecular formula is C19H22O4S. The fraction of sp³-hybridized carbons (Fsp3) is 0.316. The van der Waals surface area contributed by atoms with Gasteiger partial charge in [0.1, 0.15) is 5.75 Å². The molecule has 0 aliphatic rings. The van der Waals surface area contributed by atoms with Crippen molar-refractivity contribution in [3.63, 3.8) is 0 Å².